The van der Waals surface area contributed by atoms with E-state index in [0.29, 0.717) is 12.6 Å². The summed E-state index contributed by atoms with van der Waals surface area (Å²) in [6.07, 6.45) is 2.28. The van der Waals surface area contributed by atoms with Gasteiger partial charge in [0.1, 0.15) is 0 Å². The second-order valence-corrected chi connectivity index (χ2v) is 6.79. The smallest absolute Gasteiger partial charge is 0.221 e. The number of nitrogens with one attached hydrogen (secondary N) is 3. The molecule has 1 amide bonds. The van der Waals surface area contributed by atoms with E-state index >= 15 is 0 Å². The zero-order valence-electron chi connectivity index (χ0n) is 18.0. The number of anilines is 1. The molecule has 0 fully saturated rings. The highest BCUT2D eigenvalue weighted by molar-refractivity contribution is 14.0. The number of carbonyl (C=O) groups excluding carboxylic acids is 1. The minimum Gasteiger partial charge on any atom is -0.357 e. The van der Waals surface area contributed by atoms with Crippen LogP contribution in [-0.4, -0.2) is 49.0 Å². The van der Waals surface area contributed by atoms with Crippen molar-refractivity contribution in [2.45, 2.75) is 60.0 Å². The zero-order valence-corrected chi connectivity index (χ0v) is 20.4. The predicted molar refractivity (Wildman–Crippen MR) is 131 cm³/mol. The molecule has 0 aromatic heterocycles. The van der Waals surface area contributed by atoms with Gasteiger partial charge in [0.2, 0.25) is 5.91 Å². The van der Waals surface area contributed by atoms with E-state index in [1.807, 2.05) is 24.3 Å². The number of nitrogens with zero attached hydrogens (tertiary/aromatic N) is 2. The standard InChI is InChI=1S/C21H37N5O.HI/c1-6-22-21(24-17(4)11-10-14-26(7-2)8-3)23-16-19-12-9-13-20(15-19)25-18(5)27;/h9,12-13,15,17H,6-8,10-11,14,16H2,1-5H3,(H,25,27)(H2,22,23,24);1H. The summed E-state index contributed by atoms with van der Waals surface area (Å²) in [6.45, 7) is 15.0. The summed E-state index contributed by atoms with van der Waals surface area (Å²) >= 11 is 0. The molecule has 7 heteroatoms. The van der Waals surface area contributed by atoms with E-state index in [2.05, 4.69) is 48.5 Å². The molecule has 0 aliphatic heterocycles. The van der Waals surface area contributed by atoms with Gasteiger partial charge in [-0.25, -0.2) is 4.99 Å². The van der Waals surface area contributed by atoms with Crippen LogP contribution in [0.5, 0.6) is 0 Å². The highest BCUT2D eigenvalue weighted by atomic mass is 127. The third-order valence-electron chi connectivity index (χ3n) is 4.40. The van der Waals surface area contributed by atoms with Crippen molar-refractivity contribution in [2.24, 2.45) is 4.99 Å². The van der Waals surface area contributed by atoms with E-state index in [0.717, 1.165) is 49.8 Å². The summed E-state index contributed by atoms with van der Waals surface area (Å²) in [5.41, 5.74) is 1.87. The lowest BCUT2D eigenvalue weighted by Crippen LogP contribution is -2.42. The fraction of sp³-hybridized carbons (Fsp3) is 0.619. The van der Waals surface area contributed by atoms with E-state index in [1.54, 1.807) is 0 Å². The summed E-state index contributed by atoms with van der Waals surface area (Å²) in [4.78, 5) is 18.3. The van der Waals surface area contributed by atoms with E-state index in [4.69, 9.17) is 4.99 Å². The van der Waals surface area contributed by atoms with Crippen molar-refractivity contribution in [1.29, 1.82) is 0 Å². The molecule has 0 bridgehead atoms. The van der Waals surface area contributed by atoms with Gasteiger partial charge < -0.3 is 20.9 Å². The Hall–Kier alpha value is -1.35. The van der Waals surface area contributed by atoms with Crippen LogP contribution in [-0.2, 0) is 11.3 Å². The Labute approximate surface area is 188 Å². The van der Waals surface area contributed by atoms with Gasteiger partial charge in [-0.15, -0.1) is 24.0 Å². The van der Waals surface area contributed by atoms with Crippen LogP contribution in [0.1, 0.15) is 53.0 Å². The van der Waals surface area contributed by atoms with Crippen molar-refractivity contribution >= 4 is 41.5 Å². The first-order valence-corrected chi connectivity index (χ1v) is 10.1. The van der Waals surface area contributed by atoms with E-state index in [9.17, 15) is 4.79 Å². The third kappa shape index (κ3) is 11.5. The number of hydrogen-bond donors (Lipinski definition) is 3. The highest BCUT2D eigenvalue weighted by Gasteiger charge is 2.07. The average molecular weight is 503 g/mol. The van der Waals surface area contributed by atoms with Crippen molar-refractivity contribution < 1.29 is 4.79 Å². The fourth-order valence-electron chi connectivity index (χ4n) is 2.91. The van der Waals surface area contributed by atoms with Crippen molar-refractivity contribution in [1.82, 2.24) is 15.5 Å². The third-order valence-corrected chi connectivity index (χ3v) is 4.40. The molecule has 0 saturated carbocycles. The lowest BCUT2D eigenvalue weighted by Gasteiger charge is -2.21. The van der Waals surface area contributed by atoms with Crippen LogP contribution in [0.4, 0.5) is 5.69 Å². The van der Waals surface area contributed by atoms with Crippen LogP contribution >= 0.6 is 24.0 Å². The summed E-state index contributed by atoms with van der Waals surface area (Å²) in [6, 6.07) is 8.17. The highest BCUT2D eigenvalue weighted by Crippen LogP contribution is 2.11. The Bertz CT molecular complexity index is 590. The normalized spacial score (nSPS) is 12.3. The molecule has 1 atom stereocenters. The molecule has 0 radical (unpaired) electrons. The predicted octanol–water partition coefficient (Wildman–Crippen LogP) is 3.83. The molecule has 160 valence electrons. The lowest BCUT2D eigenvalue weighted by molar-refractivity contribution is -0.114. The largest absolute Gasteiger partial charge is 0.357 e. The van der Waals surface area contributed by atoms with Gasteiger partial charge in [0, 0.05) is 25.2 Å². The number of benzene rings is 1. The van der Waals surface area contributed by atoms with Gasteiger partial charge in [-0.1, -0.05) is 26.0 Å². The number of aliphatic imine (C=N–C) groups is 1. The minimum absolute atomic E-state index is 0. The molecule has 1 aromatic rings. The average Bonchev–Trinajstić information content (AvgIpc) is 2.63. The molecular formula is C21H38IN5O. The zero-order chi connectivity index (χ0) is 20.1. The molecule has 1 unspecified atom stereocenters. The Balaban J connectivity index is 0.00000729. The molecule has 6 nitrogen and oxygen atoms in total. The summed E-state index contributed by atoms with van der Waals surface area (Å²) in [7, 11) is 0. The first-order chi connectivity index (χ1) is 13.0. The Morgan fingerprint density at radius 3 is 2.54 bits per heavy atom. The van der Waals surface area contributed by atoms with Gasteiger partial charge in [-0.3, -0.25) is 4.79 Å². The van der Waals surface area contributed by atoms with Gasteiger partial charge in [-0.2, -0.15) is 0 Å². The van der Waals surface area contributed by atoms with Gasteiger partial charge in [0.25, 0.3) is 0 Å². The summed E-state index contributed by atoms with van der Waals surface area (Å²) < 4.78 is 0. The number of guanidine groups is 1. The van der Waals surface area contributed by atoms with Crippen LogP contribution < -0.4 is 16.0 Å². The number of carbonyl (C=O) groups is 1. The van der Waals surface area contributed by atoms with Crippen molar-refractivity contribution in [3.63, 3.8) is 0 Å². The SMILES string of the molecule is CCNC(=NCc1cccc(NC(C)=O)c1)NC(C)CCCN(CC)CC.I. The van der Waals surface area contributed by atoms with Gasteiger partial charge in [0.05, 0.1) is 6.54 Å². The topological polar surface area (TPSA) is 68.8 Å². The molecule has 1 aromatic carbocycles. The molecular weight excluding hydrogens is 465 g/mol. The monoisotopic (exact) mass is 503 g/mol. The Morgan fingerprint density at radius 1 is 1.21 bits per heavy atom. The fourth-order valence-corrected chi connectivity index (χ4v) is 2.91. The van der Waals surface area contributed by atoms with E-state index < -0.39 is 0 Å². The molecule has 3 N–H and O–H groups in total. The molecule has 0 aliphatic rings. The molecule has 28 heavy (non-hydrogen) atoms. The van der Waals surface area contributed by atoms with E-state index in [1.165, 1.54) is 13.3 Å². The number of halogens is 1. The van der Waals surface area contributed by atoms with Crippen LogP contribution in [0.2, 0.25) is 0 Å². The molecule has 0 heterocycles. The van der Waals surface area contributed by atoms with Gasteiger partial charge in [-0.05, 0) is 64.0 Å². The Morgan fingerprint density at radius 2 is 1.93 bits per heavy atom. The molecule has 0 saturated heterocycles. The maximum absolute atomic E-state index is 11.2. The molecule has 0 spiro atoms. The van der Waals surface area contributed by atoms with Crippen LogP contribution in [0, 0.1) is 0 Å². The van der Waals surface area contributed by atoms with E-state index in [-0.39, 0.29) is 29.9 Å². The first-order valence-electron chi connectivity index (χ1n) is 10.1. The summed E-state index contributed by atoms with van der Waals surface area (Å²) in [5.74, 6) is 0.766. The van der Waals surface area contributed by atoms with Gasteiger partial charge in [0.15, 0.2) is 5.96 Å². The minimum atomic E-state index is -0.0656. The number of amides is 1. The van der Waals surface area contributed by atoms with Crippen LogP contribution in [0.15, 0.2) is 29.3 Å². The number of hydrogen-bond acceptors (Lipinski definition) is 3. The van der Waals surface area contributed by atoms with Crippen LogP contribution in [0.25, 0.3) is 0 Å². The second-order valence-electron chi connectivity index (χ2n) is 6.79. The maximum Gasteiger partial charge on any atom is 0.221 e. The maximum atomic E-state index is 11.2. The summed E-state index contributed by atoms with van der Waals surface area (Å²) in [5, 5.41) is 9.62. The quantitative estimate of drug-likeness (QED) is 0.244. The number of rotatable bonds is 11. The van der Waals surface area contributed by atoms with Crippen LogP contribution in [0.3, 0.4) is 0 Å². The van der Waals surface area contributed by atoms with Gasteiger partial charge >= 0.3 is 0 Å². The molecule has 0 aliphatic carbocycles. The van der Waals surface area contributed by atoms with Crippen molar-refractivity contribution in [2.75, 3.05) is 31.5 Å². The van der Waals surface area contributed by atoms with Crippen molar-refractivity contribution in [3.05, 3.63) is 29.8 Å². The lowest BCUT2D eigenvalue weighted by atomic mass is 10.2. The Kier molecular flexibility index (Phi) is 14.8. The molecule has 1 rings (SSSR count). The van der Waals surface area contributed by atoms with Crippen molar-refractivity contribution in [3.8, 4) is 0 Å². The first kappa shape index (κ1) is 26.6. The second kappa shape index (κ2) is 15.6.